The van der Waals surface area contributed by atoms with Gasteiger partial charge in [0.15, 0.2) is 0 Å². The molecule has 4 atom stereocenters. The van der Waals surface area contributed by atoms with Crippen molar-refractivity contribution >= 4 is 0 Å². The summed E-state index contributed by atoms with van der Waals surface area (Å²) in [5.41, 5.74) is 0. The van der Waals surface area contributed by atoms with E-state index >= 15 is 0 Å². The van der Waals surface area contributed by atoms with E-state index in [1.54, 1.807) is 52.7 Å². The van der Waals surface area contributed by atoms with Gasteiger partial charge in [0.05, 0.1) is 0 Å². The lowest BCUT2D eigenvalue weighted by molar-refractivity contribution is 0.259. The number of ether oxygens (including phenoxy) is 1. The van der Waals surface area contributed by atoms with Gasteiger partial charge in [-0.1, -0.05) is 6.42 Å². The van der Waals surface area contributed by atoms with Crippen molar-refractivity contribution in [2.75, 3.05) is 14.2 Å². The zero-order chi connectivity index (χ0) is 9.26. The van der Waals surface area contributed by atoms with Crippen LogP contribution in [0, 0.1) is 23.7 Å². The molecule has 3 aliphatic rings. The van der Waals surface area contributed by atoms with Crippen LogP contribution in [0.3, 0.4) is 0 Å². The first kappa shape index (κ1) is 9.51. The van der Waals surface area contributed by atoms with Gasteiger partial charge in [-0.3, -0.25) is 0 Å². The van der Waals surface area contributed by atoms with Gasteiger partial charge in [0, 0.05) is 14.2 Å². The van der Waals surface area contributed by atoms with Gasteiger partial charge in [-0.15, -0.1) is 0 Å². The van der Waals surface area contributed by atoms with E-state index < -0.39 is 0 Å². The van der Waals surface area contributed by atoms with Gasteiger partial charge in [-0.25, -0.2) is 0 Å². The van der Waals surface area contributed by atoms with Crippen LogP contribution in [0.25, 0.3) is 0 Å². The lowest BCUT2D eigenvalue weighted by Gasteiger charge is -2.23. The van der Waals surface area contributed by atoms with E-state index in [2.05, 4.69) is 4.74 Å². The summed E-state index contributed by atoms with van der Waals surface area (Å²) < 4.78 is 4.25. The third-order valence-electron chi connectivity index (χ3n) is 4.35. The summed E-state index contributed by atoms with van der Waals surface area (Å²) in [6.07, 6.45) is 9.53. The molecule has 3 saturated carbocycles. The minimum Gasteiger partial charge on any atom is -0.388 e. The molecule has 76 valence electrons. The van der Waals surface area contributed by atoms with Crippen LogP contribution in [-0.2, 0) is 4.74 Å². The second kappa shape index (κ2) is 4.00. The number of hydrogen-bond donors (Lipinski definition) is 0. The summed E-state index contributed by atoms with van der Waals surface area (Å²) in [5, 5.41) is 0. The average Bonchev–Trinajstić information content (AvgIpc) is 2.79. The zero-order valence-electron chi connectivity index (χ0n) is 8.96. The Labute approximate surface area is 81.9 Å². The van der Waals surface area contributed by atoms with Gasteiger partial charge in [-0.2, -0.15) is 0 Å². The molecule has 1 nitrogen and oxygen atoms in total. The highest BCUT2D eigenvalue weighted by atomic mass is 16.4. The molecule has 0 spiro atoms. The van der Waals surface area contributed by atoms with E-state index in [4.69, 9.17) is 0 Å². The molecule has 3 rings (SSSR count). The van der Waals surface area contributed by atoms with E-state index in [9.17, 15) is 0 Å². The Kier molecular flexibility index (Phi) is 2.92. The fourth-order valence-electron chi connectivity index (χ4n) is 4.02. The van der Waals surface area contributed by atoms with E-state index in [0.29, 0.717) is 0 Å². The number of hydrogen-bond acceptors (Lipinski definition) is 1. The largest absolute Gasteiger partial charge is 0.388 e. The smallest absolute Gasteiger partial charge is 0.0351 e. The monoisotopic (exact) mass is 182 g/mol. The van der Waals surface area contributed by atoms with Crippen molar-refractivity contribution in [2.24, 2.45) is 23.7 Å². The first-order valence-electron chi connectivity index (χ1n) is 5.77. The standard InChI is InChI=1S/C10H16.C2H6O/c1-2-9-7-4-5-8(6-7)10(9)3-1;1-3-2/h7-10H,1-6H2;1-2H3. The number of fused-ring (bicyclic) bond motifs is 5. The molecule has 3 fully saturated rings. The van der Waals surface area contributed by atoms with Gasteiger partial charge >= 0.3 is 0 Å². The Balaban J connectivity index is 0.000000196. The highest BCUT2D eigenvalue weighted by Gasteiger charge is 2.48. The second-order valence-electron chi connectivity index (χ2n) is 5.00. The Morgan fingerprint density at radius 1 is 0.846 bits per heavy atom. The number of methoxy groups -OCH3 is 1. The van der Waals surface area contributed by atoms with E-state index in [1.807, 2.05) is 0 Å². The molecule has 0 aromatic carbocycles. The first-order chi connectivity index (χ1) is 6.36. The molecule has 0 N–H and O–H groups in total. The molecule has 1 heteroatoms. The SMILES string of the molecule is C1CC2C3CCC(C3)C2C1.COC. The molecule has 3 aliphatic carbocycles. The van der Waals surface area contributed by atoms with Crippen molar-refractivity contribution in [3.05, 3.63) is 0 Å². The molecular weight excluding hydrogens is 160 g/mol. The highest BCUT2D eigenvalue weighted by Crippen LogP contribution is 2.58. The summed E-state index contributed by atoms with van der Waals surface area (Å²) in [6, 6.07) is 0. The van der Waals surface area contributed by atoms with Crippen molar-refractivity contribution in [3.63, 3.8) is 0 Å². The quantitative estimate of drug-likeness (QED) is 0.559. The maximum absolute atomic E-state index is 4.25. The van der Waals surface area contributed by atoms with E-state index in [0.717, 1.165) is 0 Å². The Morgan fingerprint density at radius 2 is 1.31 bits per heavy atom. The van der Waals surface area contributed by atoms with Crippen molar-refractivity contribution in [1.82, 2.24) is 0 Å². The molecule has 4 unspecified atom stereocenters. The van der Waals surface area contributed by atoms with Gasteiger partial charge in [0.2, 0.25) is 0 Å². The van der Waals surface area contributed by atoms with Gasteiger partial charge < -0.3 is 4.74 Å². The summed E-state index contributed by atoms with van der Waals surface area (Å²) >= 11 is 0. The average molecular weight is 182 g/mol. The molecule has 0 heterocycles. The van der Waals surface area contributed by atoms with Crippen LogP contribution in [-0.4, -0.2) is 14.2 Å². The molecule has 0 aliphatic heterocycles. The van der Waals surface area contributed by atoms with Crippen molar-refractivity contribution in [1.29, 1.82) is 0 Å². The van der Waals surface area contributed by atoms with Crippen LogP contribution in [0.1, 0.15) is 38.5 Å². The predicted molar refractivity (Wildman–Crippen MR) is 54.6 cm³/mol. The Hall–Kier alpha value is -0.0400. The number of rotatable bonds is 0. The Bertz CT molecular complexity index is 151. The topological polar surface area (TPSA) is 9.23 Å². The van der Waals surface area contributed by atoms with Crippen LogP contribution in [0.2, 0.25) is 0 Å². The van der Waals surface area contributed by atoms with Crippen LogP contribution in [0.4, 0.5) is 0 Å². The predicted octanol–water partition coefficient (Wildman–Crippen LogP) is 3.10. The third-order valence-corrected chi connectivity index (χ3v) is 4.35. The maximum Gasteiger partial charge on any atom is 0.0351 e. The fraction of sp³-hybridized carbons (Fsp3) is 1.00. The van der Waals surface area contributed by atoms with Crippen molar-refractivity contribution in [3.8, 4) is 0 Å². The lowest BCUT2D eigenvalue weighted by atomic mass is 9.82. The summed E-state index contributed by atoms with van der Waals surface area (Å²) in [5.74, 6) is 4.80. The fourth-order valence-corrected chi connectivity index (χ4v) is 4.02. The normalized spacial score (nSPS) is 45.7. The third kappa shape index (κ3) is 1.63. The van der Waals surface area contributed by atoms with Gasteiger partial charge in [0.25, 0.3) is 0 Å². The first-order valence-corrected chi connectivity index (χ1v) is 5.77. The molecular formula is C12H22O. The van der Waals surface area contributed by atoms with Crippen molar-refractivity contribution < 1.29 is 4.74 Å². The summed E-state index contributed by atoms with van der Waals surface area (Å²) in [7, 11) is 3.25. The van der Waals surface area contributed by atoms with E-state index in [1.165, 1.54) is 23.7 Å². The minimum absolute atomic E-state index is 1.19. The minimum atomic E-state index is 1.19. The van der Waals surface area contributed by atoms with E-state index in [-0.39, 0.29) is 0 Å². The molecule has 0 saturated heterocycles. The molecule has 2 bridgehead atoms. The highest BCUT2D eigenvalue weighted by molar-refractivity contribution is 4.98. The van der Waals surface area contributed by atoms with Crippen LogP contribution < -0.4 is 0 Å². The summed E-state index contributed by atoms with van der Waals surface area (Å²) in [4.78, 5) is 0. The molecule has 0 aromatic heterocycles. The molecule has 0 radical (unpaired) electrons. The van der Waals surface area contributed by atoms with Crippen LogP contribution in [0.5, 0.6) is 0 Å². The Morgan fingerprint density at radius 3 is 1.77 bits per heavy atom. The van der Waals surface area contributed by atoms with Crippen molar-refractivity contribution in [2.45, 2.75) is 38.5 Å². The lowest BCUT2D eigenvalue weighted by Crippen LogP contribution is -2.15. The van der Waals surface area contributed by atoms with Gasteiger partial charge in [0.1, 0.15) is 0 Å². The molecule has 0 amide bonds. The van der Waals surface area contributed by atoms with Crippen LogP contribution >= 0.6 is 0 Å². The van der Waals surface area contributed by atoms with Gasteiger partial charge in [-0.05, 0) is 55.8 Å². The second-order valence-corrected chi connectivity index (χ2v) is 5.00. The summed E-state index contributed by atoms with van der Waals surface area (Å²) in [6.45, 7) is 0. The zero-order valence-corrected chi connectivity index (χ0v) is 8.96. The maximum atomic E-state index is 4.25. The molecule has 0 aromatic rings. The molecule has 13 heavy (non-hydrogen) atoms. The van der Waals surface area contributed by atoms with Crippen LogP contribution in [0.15, 0.2) is 0 Å².